The highest BCUT2D eigenvalue weighted by atomic mass is 16.2. The number of anilines is 1. The number of hydrogen-bond donors (Lipinski definition) is 0. The van der Waals surface area contributed by atoms with E-state index in [9.17, 15) is 4.79 Å². The Bertz CT molecular complexity index is 758. The van der Waals surface area contributed by atoms with E-state index in [2.05, 4.69) is 35.0 Å². The lowest BCUT2D eigenvalue weighted by molar-refractivity contribution is 0.0976. The average Bonchev–Trinajstić information content (AvgIpc) is 3.00. The first-order valence-electron chi connectivity index (χ1n) is 8.85. The predicted octanol–water partition coefficient (Wildman–Crippen LogP) is 3.27. The summed E-state index contributed by atoms with van der Waals surface area (Å²) in [4.78, 5) is 22.0. The van der Waals surface area contributed by atoms with Crippen LogP contribution in [-0.2, 0) is 13.0 Å². The minimum absolute atomic E-state index is 0.0199. The third kappa shape index (κ3) is 2.71. The van der Waals surface area contributed by atoms with Crippen molar-refractivity contribution in [2.45, 2.75) is 38.8 Å². The molecule has 0 aliphatic carbocycles. The molecule has 0 unspecified atom stereocenters. The number of benzene rings is 1. The lowest BCUT2D eigenvalue weighted by Crippen LogP contribution is -2.40. The van der Waals surface area contributed by atoms with Crippen molar-refractivity contribution in [3.05, 3.63) is 59.4 Å². The molecule has 0 spiro atoms. The Morgan fingerprint density at radius 2 is 2.17 bits per heavy atom. The molecule has 1 fully saturated rings. The standard InChI is InChI=1S/C20H23N3O/c1-2-15-9-10-21-18(12-15)20(24)23-14-17-7-5-11-22(17)13-16-6-3-4-8-19(16)23/h3-4,6,8-10,12,17H,2,5,7,11,13-14H2,1H3/t17-/m0/s1. The van der Waals surface area contributed by atoms with Crippen molar-refractivity contribution >= 4 is 11.6 Å². The molecule has 0 bridgehead atoms. The fourth-order valence-electron chi connectivity index (χ4n) is 3.89. The van der Waals surface area contributed by atoms with Gasteiger partial charge >= 0.3 is 0 Å². The van der Waals surface area contributed by atoms with E-state index < -0.39 is 0 Å². The molecule has 124 valence electrons. The maximum absolute atomic E-state index is 13.2. The molecule has 0 radical (unpaired) electrons. The van der Waals surface area contributed by atoms with Gasteiger partial charge in [-0.05, 0) is 55.1 Å². The number of fused-ring (bicyclic) bond motifs is 2. The monoisotopic (exact) mass is 321 g/mol. The van der Waals surface area contributed by atoms with E-state index in [0.717, 1.165) is 37.3 Å². The van der Waals surface area contributed by atoms with Gasteiger partial charge in [0.2, 0.25) is 0 Å². The van der Waals surface area contributed by atoms with E-state index in [-0.39, 0.29) is 5.91 Å². The number of carbonyl (C=O) groups is 1. The minimum atomic E-state index is 0.0199. The molecule has 4 heteroatoms. The zero-order chi connectivity index (χ0) is 16.5. The third-order valence-corrected chi connectivity index (χ3v) is 5.25. The number of amides is 1. The summed E-state index contributed by atoms with van der Waals surface area (Å²) in [6, 6.07) is 12.7. The summed E-state index contributed by atoms with van der Waals surface area (Å²) >= 11 is 0. The number of hydrogen-bond acceptors (Lipinski definition) is 3. The van der Waals surface area contributed by atoms with Crippen molar-refractivity contribution < 1.29 is 4.79 Å². The zero-order valence-corrected chi connectivity index (χ0v) is 14.1. The predicted molar refractivity (Wildman–Crippen MR) is 95.2 cm³/mol. The van der Waals surface area contributed by atoms with Crippen molar-refractivity contribution in [3.63, 3.8) is 0 Å². The number of rotatable bonds is 2. The molecule has 2 aliphatic rings. The second-order valence-electron chi connectivity index (χ2n) is 6.71. The van der Waals surface area contributed by atoms with Gasteiger partial charge in [-0.2, -0.15) is 0 Å². The lowest BCUT2D eigenvalue weighted by atomic mass is 10.1. The highest BCUT2D eigenvalue weighted by Gasteiger charge is 2.34. The first-order chi connectivity index (χ1) is 11.8. The van der Waals surface area contributed by atoms with Crippen LogP contribution in [0.4, 0.5) is 5.69 Å². The normalized spacial score (nSPS) is 20.4. The smallest absolute Gasteiger partial charge is 0.276 e. The number of carbonyl (C=O) groups excluding carboxylic acids is 1. The van der Waals surface area contributed by atoms with E-state index in [1.165, 1.54) is 18.4 Å². The number of aryl methyl sites for hydroxylation is 1. The van der Waals surface area contributed by atoms with Crippen LogP contribution in [0.1, 0.15) is 41.4 Å². The molecule has 24 heavy (non-hydrogen) atoms. The van der Waals surface area contributed by atoms with Crippen LogP contribution in [0.5, 0.6) is 0 Å². The van der Waals surface area contributed by atoms with Gasteiger partial charge in [0.25, 0.3) is 5.91 Å². The molecular weight excluding hydrogens is 298 g/mol. The molecule has 0 saturated carbocycles. The Balaban J connectivity index is 1.73. The van der Waals surface area contributed by atoms with Gasteiger partial charge in [-0.3, -0.25) is 14.7 Å². The Kier molecular flexibility index (Phi) is 4.07. The Morgan fingerprint density at radius 1 is 1.29 bits per heavy atom. The second kappa shape index (κ2) is 6.36. The van der Waals surface area contributed by atoms with Gasteiger partial charge < -0.3 is 4.90 Å². The fourth-order valence-corrected chi connectivity index (χ4v) is 3.89. The summed E-state index contributed by atoms with van der Waals surface area (Å²) in [6.45, 7) is 4.92. The van der Waals surface area contributed by atoms with Crippen LogP contribution in [0, 0.1) is 0 Å². The molecule has 1 saturated heterocycles. The Labute approximate surface area is 143 Å². The SMILES string of the molecule is CCc1ccnc(C(=O)N2C[C@@H]3CCCN3Cc3ccccc32)c1. The summed E-state index contributed by atoms with van der Waals surface area (Å²) < 4.78 is 0. The topological polar surface area (TPSA) is 36.4 Å². The summed E-state index contributed by atoms with van der Waals surface area (Å²) in [5.41, 5.74) is 3.98. The van der Waals surface area contributed by atoms with Crippen molar-refractivity contribution in [3.8, 4) is 0 Å². The third-order valence-electron chi connectivity index (χ3n) is 5.25. The first-order valence-corrected chi connectivity index (χ1v) is 8.85. The van der Waals surface area contributed by atoms with Crippen LogP contribution in [0.25, 0.3) is 0 Å². The number of para-hydroxylation sites is 1. The quantitative estimate of drug-likeness (QED) is 0.852. The second-order valence-corrected chi connectivity index (χ2v) is 6.71. The van der Waals surface area contributed by atoms with Crippen molar-refractivity contribution in [1.82, 2.24) is 9.88 Å². The van der Waals surface area contributed by atoms with Crippen LogP contribution in [0.2, 0.25) is 0 Å². The zero-order valence-electron chi connectivity index (χ0n) is 14.1. The highest BCUT2D eigenvalue weighted by molar-refractivity contribution is 6.05. The van der Waals surface area contributed by atoms with Gasteiger partial charge in [0, 0.05) is 31.0 Å². The van der Waals surface area contributed by atoms with E-state index in [1.807, 2.05) is 23.1 Å². The summed E-state index contributed by atoms with van der Waals surface area (Å²) in [5, 5.41) is 0. The van der Waals surface area contributed by atoms with Crippen LogP contribution in [-0.4, -0.2) is 34.9 Å². The Morgan fingerprint density at radius 3 is 3.04 bits per heavy atom. The van der Waals surface area contributed by atoms with Gasteiger partial charge in [-0.1, -0.05) is 25.1 Å². The maximum atomic E-state index is 13.2. The molecule has 1 aromatic carbocycles. The molecule has 0 N–H and O–H groups in total. The molecule has 1 atom stereocenters. The lowest BCUT2D eigenvalue weighted by Gasteiger charge is -2.26. The minimum Gasteiger partial charge on any atom is -0.305 e. The fraction of sp³-hybridized carbons (Fsp3) is 0.400. The van der Waals surface area contributed by atoms with Gasteiger partial charge in [0.05, 0.1) is 0 Å². The summed E-state index contributed by atoms with van der Waals surface area (Å²) in [5.74, 6) is 0.0199. The van der Waals surface area contributed by atoms with E-state index in [4.69, 9.17) is 0 Å². The van der Waals surface area contributed by atoms with Crippen LogP contribution >= 0.6 is 0 Å². The molecular formula is C20H23N3O. The van der Waals surface area contributed by atoms with Gasteiger partial charge in [-0.25, -0.2) is 0 Å². The highest BCUT2D eigenvalue weighted by Crippen LogP contribution is 2.32. The van der Waals surface area contributed by atoms with Crippen molar-refractivity contribution in [2.24, 2.45) is 0 Å². The largest absolute Gasteiger partial charge is 0.305 e. The maximum Gasteiger partial charge on any atom is 0.276 e. The van der Waals surface area contributed by atoms with Crippen LogP contribution in [0.3, 0.4) is 0 Å². The summed E-state index contributed by atoms with van der Waals surface area (Å²) in [6.07, 6.45) is 5.05. The van der Waals surface area contributed by atoms with E-state index in [0.29, 0.717) is 11.7 Å². The van der Waals surface area contributed by atoms with Crippen LogP contribution < -0.4 is 4.90 Å². The molecule has 2 aliphatic heterocycles. The van der Waals surface area contributed by atoms with Crippen molar-refractivity contribution in [1.29, 1.82) is 0 Å². The number of pyridine rings is 1. The summed E-state index contributed by atoms with van der Waals surface area (Å²) in [7, 11) is 0. The van der Waals surface area contributed by atoms with Gasteiger partial charge in [0.15, 0.2) is 0 Å². The average molecular weight is 321 g/mol. The van der Waals surface area contributed by atoms with Gasteiger partial charge in [0.1, 0.15) is 5.69 Å². The Hall–Kier alpha value is -2.20. The number of nitrogens with zero attached hydrogens (tertiary/aromatic N) is 3. The van der Waals surface area contributed by atoms with Crippen LogP contribution in [0.15, 0.2) is 42.6 Å². The van der Waals surface area contributed by atoms with E-state index >= 15 is 0 Å². The van der Waals surface area contributed by atoms with Crippen molar-refractivity contribution in [2.75, 3.05) is 18.0 Å². The van der Waals surface area contributed by atoms with E-state index in [1.54, 1.807) is 6.20 Å². The molecule has 3 heterocycles. The van der Waals surface area contributed by atoms with Gasteiger partial charge in [-0.15, -0.1) is 0 Å². The molecule has 1 amide bonds. The number of aromatic nitrogens is 1. The molecule has 4 rings (SSSR count). The first kappa shape index (κ1) is 15.3. The molecule has 4 nitrogen and oxygen atoms in total. The molecule has 1 aromatic heterocycles. The molecule has 2 aromatic rings.